The van der Waals surface area contributed by atoms with E-state index < -0.39 is 11.7 Å². The summed E-state index contributed by atoms with van der Waals surface area (Å²) in [7, 11) is 0. The minimum absolute atomic E-state index is 0.0178. The molecule has 110 valence electrons. The van der Waals surface area contributed by atoms with E-state index in [0.717, 1.165) is 16.8 Å². The molecule has 0 atom stereocenters. The average molecular weight is 466 g/mol. The highest BCUT2D eigenvalue weighted by Gasteiger charge is 2.32. The third-order valence-electron chi connectivity index (χ3n) is 2.44. The van der Waals surface area contributed by atoms with E-state index in [9.17, 15) is 13.2 Å². The van der Waals surface area contributed by atoms with Crippen LogP contribution in [0.3, 0.4) is 0 Å². The molecule has 0 fully saturated rings. The number of rotatable bonds is 1. The minimum atomic E-state index is -4.58. The van der Waals surface area contributed by atoms with Crippen molar-refractivity contribution in [3.05, 3.63) is 42.2 Å². The highest BCUT2D eigenvalue weighted by molar-refractivity contribution is 14.1. The first kappa shape index (κ1) is 16.7. The number of halogens is 7. The van der Waals surface area contributed by atoms with Crippen molar-refractivity contribution < 1.29 is 13.2 Å². The van der Waals surface area contributed by atoms with Gasteiger partial charge in [0, 0.05) is 0 Å². The molecule has 0 saturated heterocycles. The maximum atomic E-state index is 12.7. The lowest BCUT2D eigenvalue weighted by atomic mass is 10.2. The Labute approximate surface area is 145 Å². The third-order valence-corrected chi connectivity index (χ3v) is 4.70. The van der Waals surface area contributed by atoms with Crippen LogP contribution in [0.1, 0.15) is 11.3 Å². The Balaban J connectivity index is 2.70. The molecule has 1 heterocycles. The van der Waals surface area contributed by atoms with Gasteiger partial charge in [-0.05, 0) is 34.7 Å². The van der Waals surface area contributed by atoms with Crippen LogP contribution >= 0.6 is 57.4 Å². The fraction of sp³-hybridized carbons (Fsp3) is 0.0909. The van der Waals surface area contributed by atoms with Gasteiger partial charge in [-0.3, -0.25) is 0 Å². The van der Waals surface area contributed by atoms with Crippen LogP contribution < -0.4 is 0 Å². The second-order valence-corrected chi connectivity index (χ2v) is 6.01. The molecule has 0 aliphatic carbocycles. The summed E-state index contributed by atoms with van der Waals surface area (Å²) in [5.41, 5.74) is -0.983. The van der Waals surface area contributed by atoms with Crippen LogP contribution in [0.2, 0.25) is 15.2 Å². The van der Waals surface area contributed by atoms with Crippen LogP contribution in [-0.4, -0.2) is 9.78 Å². The zero-order valence-corrected chi connectivity index (χ0v) is 14.1. The minimum Gasteiger partial charge on any atom is -0.217 e. The molecule has 0 bridgehead atoms. The summed E-state index contributed by atoms with van der Waals surface area (Å²) in [6, 6.07) is 3.25. The predicted molar refractivity (Wildman–Crippen MR) is 81.0 cm³/mol. The van der Waals surface area contributed by atoms with Gasteiger partial charge in [-0.2, -0.15) is 23.5 Å². The zero-order valence-electron chi connectivity index (χ0n) is 9.64. The van der Waals surface area contributed by atoms with Gasteiger partial charge in [-0.1, -0.05) is 34.8 Å². The first-order valence-corrected chi connectivity index (χ1v) is 7.28. The van der Waals surface area contributed by atoms with E-state index in [1.165, 1.54) is 0 Å². The van der Waals surface area contributed by atoms with Crippen molar-refractivity contribution in [3.63, 3.8) is 0 Å². The number of hydrogen-bond donors (Lipinski definition) is 0. The lowest BCUT2D eigenvalue weighted by Crippen LogP contribution is -2.07. The van der Waals surface area contributed by atoms with Crippen molar-refractivity contribution in [1.82, 2.24) is 9.78 Å². The molecular formula is C11H2Cl3F3IN3. The number of hydrogen-bond acceptors (Lipinski definition) is 2. The standard InChI is InChI=1S/C11H2Cl3F3IN3/c12-5-1-4(11(15,16)17)2-6(13)9(5)21-10(14)8(18)7(3-19)20-21/h1-2H. The van der Waals surface area contributed by atoms with E-state index in [1.807, 2.05) is 6.07 Å². The highest BCUT2D eigenvalue weighted by Crippen LogP contribution is 2.39. The fourth-order valence-electron chi connectivity index (χ4n) is 1.53. The lowest BCUT2D eigenvalue weighted by molar-refractivity contribution is -0.137. The molecule has 0 aliphatic heterocycles. The van der Waals surface area contributed by atoms with Gasteiger partial charge < -0.3 is 0 Å². The second kappa shape index (κ2) is 5.83. The number of aromatic nitrogens is 2. The second-order valence-electron chi connectivity index (χ2n) is 3.76. The van der Waals surface area contributed by atoms with Crippen molar-refractivity contribution in [1.29, 1.82) is 5.26 Å². The van der Waals surface area contributed by atoms with Crippen LogP contribution in [0, 0.1) is 14.9 Å². The summed E-state index contributed by atoms with van der Waals surface area (Å²) in [6.45, 7) is 0. The predicted octanol–water partition coefficient (Wildman–Crippen LogP) is 5.33. The Bertz CT molecular complexity index is 742. The summed E-state index contributed by atoms with van der Waals surface area (Å²) in [5, 5.41) is 12.2. The normalized spacial score (nSPS) is 11.5. The Hall–Kier alpha value is -0.690. The van der Waals surface area contributed by atoms with Gasteiger partial charge in [0.15, 0.2) is 5.69 Å². The number of nitriles is 1. The molecule has 0 aliphatic rings. The molecule has 0 amide bonds. The van der Waals surface area contributed by atoms with E-state index >= 15 is 0 Å². The molecule has 1 aromatic carbocycles. The van der Waals surface area contributed by atoms with Crippen molar-refractivity contribution in [2.45, 2.75) is 6.18 Å². The van der Waals surface area contributed by atoms with Crippen LogP contribution in [0.5, 0.6) is 0 Å². The molecule has 10 heteroatoms. The monoisotopic (exact) mass is 465 g/mol. The first-order valence-electron chi connectivity index (χ1n) is 5.07. The number of benzene rings is 1. The maximum absolute atomic E-state index is 12.7. The molecule has 0 spiro atoms. The molecule has 1 aromatic heterocycles. The lowest BCUT2D eigenvalue weighted by Gasteiger charge is -2.12. The molecule has 0 radical (unpaired) electrons. The van der Waals surface area contributed by atoms with Gasteiger partial charge in [0.1, 0.15) is 16.9 Å². The summed E-state index contributed by atoms with van der Waals surface area (Å²) in [6.07, 6.45) is -4.58. The summed E-state index contributed by atoms with van der Waals surface area (Å²) in [5.74, 6) is 0. The Morgan fingerprint density at radius 3 is 2.10 bits per heavy atom. The van der Waals surface area contributed by atoms with Crippen LogP contribution in [0.4, 0.5) is 13.2 Å². The van der Waals surface area contributed by atoms with Gasteiger partial charge in [0.2, 0.25) is 0 Å². The van der Waals surface area contributed by atoms with Crippen LogP contribution in [-0.2, 0) is 6.18 Å². The number of nitrogens with zero attached hydrogens (tertiary/aromatic N) is 3. The molecule has 0 saturated carbocycles. The van der Waals surface area contributed by atoms with Gasteiger partial charge in [0.25, 0.3) is 0 Å². The Morgan fingerprint density at radius 2 is 1.71 bits per heavy atom. The van der Waals surface area contributed by atoms with Gasteiger partial charge in [-0.15, -0.1) is 0 Å². The summed E-state index contributed by atoms with van der Waals surface area (Å²) >= 11 is 19.5. The van der Waals surface area contributed by atoms with Crippen LogP contribution in [0.25, 0.3) is 5.69 Å². The van der Waals surface area contributed by atoms with Gasteiger partial charge in [0.05, 0.1) is 19.2 Å². The number of alkyl halides is 3. The quantitative estimate of drug-likeness (QED) is 0.534. The molecule has 2 aromatic rings. The average Bonchev–Trinajstić information content (AvgIpc) is 2.65. The van der Waals surface area contributed by atoms with Crippen molar-refractivity contribution in [2.24, 2.45) is 0 Å². The maximum Gasteiger partial charge on any atom is 0.416 e. The SMILES string of the molecule is N#Cc1nn(-c2c(Cl)cc(C(F)(F)F)cc2Cl)c(Cl)c1I. The fourth-order valence-corrected chi connectivity index (χ4v) is 2.85. The topological polar surface area (TPSA) is 41.6 Å². The van der Waals surface area contributed by atoms with E-state index in [4.69, 9.17) is 40.1 Å². The molecule has 21 heavy (non-hydrogen) atoms. The third kappa shape index (κ3) is 3.08. The summed E-state index contributed by atoms with van der Waals surface area (Å²) in [4.78, 5) is 0. The van der Waals surface area contributed by atoms with Crippen molar-refractivity contribution >= 4 is 57.4 Å². The van der Waals surface area contributed by atoms with Crippen LogP contribution in [0.15, 0.2) is 12.1 Å². The van der Waals surface area contributed by atoms with E-state index in [1.54, 1.807) is 22.6 Å². The van der Waals surface area contributed by atoms with Crippen molar-refractivity contribution in [3.8, 4) is 11.8 Å². The smallest absolute Gasteiger partial charge is 0.217 e. The largest absolute Gasteiger partial charge is 0.416 e. The van der Waals surface area contributed by atoms with Crippen molar-refractivity contribution in [2.75, 3.05) is 0 Å². The molecule has 0 N–H and O–H groups in total. The van der Waals surface area contributed by atoms with E-state index in [-0.39, 0.29) is 26.6 Å². The molecule has 2 rings (SSSR count). The van der Waals surface area contributed by atoms with E-state index in [2.05, 4.69) is 5.10 Å². The zero-order chi connectivity index (χ0) is 15.9. The Morgan fingerprint density at radius 1 is 1.19 bits per heavy atom. The van der Waals surface area contributed by atoms with Gasteiger partial charge >= 0.3 is 6.18 Å². The summed E-state index contributed by atoms with van der Waals surface area (Å²) < 4.78 is 39.4. The van der Waals surface area contributed by atoms with Gasteiger partial charge in [-0.25, -0.2) is 4.68 Å². The van der Waals surface area contributed by atoms with E-state index in [0.29, 0.717) is 3.57 Å². The Kier molecular flexibility index (Phi) is 4.63. The highest BCUT2D eigenvalue weighted by atomic mass is 127. The first-order chi connectivity index (χ1) is 9.66. The molecule has 0 unspecified atom stereocenters. The molecular weight excluding hydrogens is 464 g/mol. The molecule has 3 nitrogen and oxygen atoms in total.